The summed E-state index contributed by atoms with van der Waals surface area (Å²) in [5.41, 5.74) is 0.894. The van der Waals surface area contributed by atoms with Crippen LogP contribution in [-0.2, 0) is 0 Å². The second-order valence-corrected chi connectivity index (χ2v) is 6.70. The van der Waals surface area contributed by atoms with Crippen molar-refractivity contribution < 1.29 is 4.79 Å². The van der Waals surface area contributed by atoms with E-state index >= 15 is 0 Å². The molecule has 0 bridgehead atoms. The van der Waals surface area contributed by atoms with Crippen LogP contribution >= 0.6 is 11.3 Å². The molecule has 2 heterocycles. The zero-order chi connectivity index (χ0) is 11.0. The Morgan fingerprint density at radius 3 is 2.75 bits per heavy atom. The predicted octanol–water partition coefficient (Wildman–Crippen LogP) is 2.32. The molecule has 0 saturated carbocycles. The molecule has 1 aliphatic rings. The Morgan fingerprint density at radius 2 is 2.00 bits per heavy atom. The molecule has 0 fully saturated rings. The Labute approximate surface area is 104 Å². The molecule has 0 spiro atoms. The van der Waals surface area contributed by atoms with E-state index in [1.54, 1.807) is 11.3 Å². The van der Waals surface area contributed by atoms with Crippen LogP contribution in [0.25, 0.3) is 6.08 Å². The fraction of sp³-hybridized carbons (Fsp3) is 0. The van der Waals surface area contributed by atoms with Crippen molar-refractivity contribution in [2.24, 2.45) is 0 Å². The molecule has 0 atom stereocenters. The molecule has 3 rings (SSSR count). The van der Waals surface area contributed by atoms with Crippen LogP contribution in [-0.4, -0.2) is 20.7 Å². The Balaban J connectivity index is 2.02. The molecular weight excluding hydrogens is 283 g/mol. The Kier molecular flexibility index (Phi) is 2.52. The summed E-state index contributed by atoms with van der Waals surface area (Å²) in [6.07, 6.45) is 2.03. The maximum absolute atomic E-state index is 12.1. The summed E-state index contributed by atoms with van der Waals surface area (Å²) in [6, 6.07) is 12.0. The second-order valence-electron chi connectivity index (χ2n) is 3.45. The molecule has 0 amide bonds. The molecular formula is C13H8OSSe. The predicted molar refractivity (Wildman–Crippen MR) is 68.5 cm³/mol. The van der Waals surface area contributed by atoms with Gasteiger partial charge in [-0.2, -0.15) is 0 Å². The van der Waals surface area contributed by atoms with E-state index < -0.39 is 0 Å². The van der Waals surface area contributed by atoms with E-state index in [2.05, 4.69) is 6.07 Å². The maximum atomic E-state index is 12.1. The molecule has 1 aromatic carbocycles. The van der Waals surface area contributed by atoms with Crippen LogP contribution in [0.4, 0.5) is 0 Å². The third-order valence-corrected chi connectivity index (χ3v) is 5.52. The molecule has 0 N–H and O–H groups in total. The minimum atomic E-state index is 0.178. The topological polar surface area (TPSA) is 17.1 Å². The van der Waals surface area contributed by atoms with Crippen LogP contribution in [0.1, 0.15) is 15.2 Å². The van der Waals surface area contributed by atoms with Gasteiger partial charge in [-0.3, -0.25) is 0 Å². The zero-order valence-electron chi connectivity index (χ0n) is 8.34. The molecule has 1 aliphatic heterocycles. The van der Waals surface area contributed by atoms with Crippen LogP contribution < -0.4 is 4.46 Å². The van der Waals surface area contributed by atoms with Crippen LogP contribution in [0.3, 0.4) is 0 Å². The van der Waals surface area contributed by atoms with E-state index in [4.69, 9.17) is 0 Å². The number of thiophene rings is 1. The van der Waals surface area contributed by atoms with Crippen LogP contribution in [0, 0.1) is 0 Å². The van der Waals surface area contributed by atoms with Crippen LogP contribution in [0.2, 0.25) is 0 Å². The number of hydrogen-bond acceptors (Lipinski definition) is 2. The average molecular weight is 291 g/mol. The van der Waals surface area contributed by atoms with Crippen molar-refractivity contribution in [3.05, 3.63) is 56.7 Å². The van der Waals surface area contributed by atoms with Crippen molar-refractivity contribution in [2.75, 3.05) is 0 Å². The van der Waals surface area contributed by atoms with Gasteiger partial charge in [0.1, 0.15) is 0 Å². The van der Waals surface area contributed by atoms with Gasteiger partial charge in [-0.1, -0.05) is 0 Å². The van der Waals surface area contributed by atoms with Crippen molar-refractivity contribution in [3.63, 3.8) is 0 Å². The van der Waals surface area contributed by atoms with Gasteiger partial charge in [0.05, 0.1) is 0 Å². The molecule has 0 saturated heterocycles. The van der Waals surface area contributed by atoms with Gasteiger partial charge in [0, 0.05) is 0 Å². The van der Waals surface area contributed by atoms with E-state index in [-0.39, 0.29) is 20.7 Å². The Bertz CT molecular complexity index is 569. The Morgan fingerprint density at radius 1 is 1.12 bits per heavy atom. The quantitative estimate of drug-likeness (QED) is 0.582. The number of carbonyl (C=O) groups is 1. The summed E-state index contributed by atoms with van der Waals surface area (Å²) in [5, 5.41) is 2.03. The SMILES string of the molecule is O=C1/C(=C/c2cccs2)[Se]c2ccccc21. The number of Topliss-reactive ketones (excluding diaryl/α,β-unsaturated/α-hetero) is 1. The fourth-order valence-electron chi connectivity index (χ4n) is 1.64. The number of rotatable bonds is 1. The molecule has 78 valence electrons. The van der Waals surface area contributed by atoms with Crippen LogP contribution in [0.15, 0.2) is 46.2 Å². The van der Waals surface area contributed by atoms with Crippen molar-refractivity contribution in [1.82, 2.24) is 0 Å². The van der Waals surface area contributed by atoms with Crippen LogP contribution in [0.5, 0.6) is 0 Å². The first kappa shape index (κ1) is 10.0. The molecule has 1 aromatic heterocycles. The number of ketones is 1. The molecule has 16 heavy (non-hydrogen) atoms. The van der Waals surface area contributed by atoms with Gasteiger partial charge in [0.15, 0.2) is 0 Å². The van der Waals surface area contributed by atoms with Gasteiger partial charge in [-0.25, -0.2) is 0 Å². The average Bonchev–Trinajstić information content (AvgIpc) is 2.90. The van der Waals surface area contributed by atoms with Crippen molar-refractivity contribution in [3.8, 4) is 0 Å². The van der Waals surface area contributed by atoms with E-state index in [0.717, 1.165) is 14.9 Å². The van der Waals surface area contributed by atoms with E-state index in [1.807, 2.05) is 41.8 Å². The summed E-state index contributed by atoms with van der Waals surface area (Å²) in [7, 11) is 0. The van der Waals surface area contributed by atoms with Crippen molar-refractivity contribution in [2.45, 2.75) is 0 Å². The normalized spacial score (nSPS) is 16.8. The van der Waals surface area contributed by atoms with Gasteiger partial charge in [0.25, 0.3) is 0 Å². The molecule has 0 unspecified atom stereocenters. The first-order valence-electron chi connectivity index (χ1n) is 4.91. The van der Waals surface area contributed by atoms with Gasteiger partial charge >= 0.3 is 104 Å². The third-order valence-electron chi connectivity index (χ3n) is 2.39. The molecule has 2 aromatic rings. The molecule has 0 aliphatic carbocycles. The summed E-state index contributed by atoms with van der Waals surface area (Å²) < 4.78 is 2.18. The number of hydrogen-bond donors (Lipinski definition) is 0. The van der Waals surface area contributed by atoms with Gasteiger partial charge in [-0.05, 0) is 0 Å². The first-order valence-corrected chi connectivity index (χ1v) is 7.50. The summed E-state index contributed by atoms with van der Waals surface area (Å²) in [4.78, 5) is 13.2. The fourth-order valence-corrected chi connectivity index (χ4v) is 4.65. The third kappa shape index (κ3) is 1.67. The first-order chi connectivity index (χ1) is 7.84. The van der Waals surface area contributed by atoms with E-state index in [0.29, 0.717) is 0 Å². The van der Waals surface area contributed by atoms with E-state index in [9.17, 15) is 4.79 Å². The van der Waals surface area contributed by atoms with E-state index in [1.165, 1.54) is 4.46 Å². The number of fused-ring (bicyclic) bond motifs is 1. The zero-order valence-corrected chi connectivity index (χ0v) is 10.9. The van der Waals surface area contributed by atoms with Crippen molar-refractivity contribution >= 4 is 42.6 Å². The molecule has 3 heteroatoms. The summed E-state index contributed by atoms with van der Waals surface area (Å²) >= 11 is 1.85. The van der Waals surface area contributed by atoms with Gasteiger partial charge in [0.2, 0.25) is 0 Å². The monoisotopic (exact) mass is 292 g/mol. The summed E-state index contributed by atoms with van der Waals surface area (Å²) in [5.74, 6) is 0.212. The van der Waals surface area contributed by atoms with Crippen molar-refractivity contribution in [1.29, 1.82) is 0 Å². The standard InChI is InChI=1S/C13H8OSSe/c14-13-10-5-1-2-6-11(10)16-12(13)8-9-4-3-7-15-9/h1-8H/b12-8-. The number of allylic oxidation sites excluding steroid dienone is 1. The molecule has 1 nitrogen and oxygen atoms in total. The number of carbonyl (C=O) groups excluding carboxylic acids is 1. The summed E-state index contributed by atoms with van der Waals surface area (Å²) in [6.45, 7) is 0. The van der Waals surface area contributed by atoms with Gasteiger partial charge in [-0.15, -0.1) is 0 Å². The number of benzene rings is 1. The minimum absolute atomic E-state index is 0.178. The second kappa shape index (κ2) is 4.02. The Hall–Kier alpha value is -1.15. The van der Waals surface area contributed by atoms with Gasteiger partial charge < -0.3 is 0 Å². The molecule has 0 radical (unpaired) electrons.